The van der Waals surface area contributed by atoms with Crippen molar-refractivity contribution in [3.05, 3.63) is 48.4 Å². The van der Waals surface area contributed by atoms with Crippen LogP contribution in [0.5, 0.6) is 0 Å². The second kappa shape index (κ2) is 7.81. The summed E-state index contributed by atoms with van der Waals surface area (Å²) in [5.74, 6) is 0.537. The Labute approximate surface area is 148 Å². The third kappa shape index (κ3) is 4.68. The summed E-state index contributed by atoms with van der Waals surface area (Å²) in [6, 6.07) is 9.43. The Morgan fingerprint density at radius 1 is 1.20 bits per heavy atom. The zero-order valence-corrected chi connectivity index (χ0v) is 15.6. The van der Waals surface area contributed by atoms with Crippen LogP contribution in [0.1, 0.15) is 12.7 Å². The van der Waals surface area contributed by atoms with E-state index >= 15 is 0 Å². The van der Waals surface area contributed by atoms with Gasteiger partial charge in [-0.3, -0.25) is 9.69 Å². The van der Waals surface area contributed by atoms with Crippen LogP contribution < -0.4 is 5.32 Å². The topological polar surface area (TPSA) is 82.9 Å². The summed E-state index contributed by atoms with van der Waals surface area (Å²) in [5, 5.41) is 2.76. The number of amides is 1. The van der Waals surface area contributed by atoms with Gasteiger partial charge in [0.25, 0.3) is 0 Å². The van der Waals surface area contributed by atoms with Crippen molar-refractivity contribution in [1.82, 2.24) is 9.21 Å². The molecule has 1 heterocycles. The van der Waals surface area contributed by atoms with Gasteiger partial charge in [-0.05, 0) is 44.3 Å². The summed E-state index contributed by atoms with van der Waals surface area (Å²) >= 11 is 0. The minimum Gasteiger partial charge on any atom is -0.468 e. The van der Waals surface area contributed by atoms with E-state index in [0.29, 0.717) is 12.2 Å². The minimum absolute atomic E-state index is 0.131. The largest absolute Gasteiger partial charge is 0.468 e. The Morgan fingerprint density at radius 2 is 1.92 bits per heavy atom. The molecule has 7 nitrogen and oxygen atoms in total. The number of carbonyl (C=O) groups is 1. The second-order valence-electron chi connectivity index (χ2n) is 5.97. The molecule has 0 radical (unpaired) electrons. The number of rotatable bonds is 7. The molecular weight excluding hydrogens is 342 g/mol. The molecule has 8 heteroatoms. The molecule has 0 spiro atoms. The molecule has 0 saturated heterocycles. The fraction of sp³-hybridized carbons (Fsp3) is 0.353. The minimum atomic E-state index is -3.55. The number of likely N-dealkylation sites (N-methyl/N-ethyl adjacent to an activating group) is 1. The van der Waals surface area contributed by atoms with E-state index in [2.05, 4.69) is 5.32 Å². The molecule has 0 aliphatic carbocycles. The van der Waals surface area contributed by atoms with Crippen molar-refractivity contribution in [2.45, 2.75) is 24.4 Å². The number of hydrogen-bond donors (Lipinski definition) is 1. The maximum absolute atomic E-state index is 12.4. The number of benzene rings is 1. The van der Waals surface area contributed by atoms with Crippen LogP contribution in [0.25, 0.3) is 0 Å². The van der Waals surface area contributed by atoms with Crippen molar-refractivity contribution in [3.8, 4) is 0 Å². The lowest BCUT2D eigenvalue weighted by molar-refractivity contribution is -0.120. The van der Waals surface area contributed by atoms with Gasteiger partial charge in [0.2, 0.25) is 15.9 Å². The van der Waals surface area contributed by atoms with Crippen LogP contribution in [0.15, 0.2) is 52.0 Å². The Kier molecular flexibility index (Phi) is 5.99. The lowest BCUT2D eigenvalue weighted by atomic mass is 10.2. The second-order valence-corrected chi connectivity index (χ2v) is 8.13. The molecule has 0 unspecified atom stereocenters. The molecule has 2 aromatic rings. The lowest BCUT2D eigenvalue weighted by Crippen LogP contribution is -2.39. The lowest BCUT2D eigenvalue weighted by Gasteiger charge is -2.23. The molecule has 25 heavy (non-hydrogen) atoms. The van der Waals surface area contributed by atoms with Crippen LogP contribution in [0, 0.1) is 0 Å². The van der Waals surface area contributed by atoms with Crippen molar-refractivity contribution in [3.63, 3.8) is 0 Å². The molecule has 1 atom stereocenters. The van der Waals surface area contributed by atoms with Gasteiger partial charge >= 0.3 is 0 Å². The molecule has 0 aliphatic heterocycles. The smallest absolute Gasteiger partial charge is 0.242 e. The van der Waals surface area contributed by atoms with Crippen molar-refractivity contribution in [1.29, 1.82) is 0 Å². The number of carbonyl (C=O) groups excluding carboxylic acids is 1. The normalized spacial score (nSPS) is 13.2. The van der Waals surface area contributed by atoms with E-state index in [1.54, 1.807) is 31.4 Å². The number of anilines is 1. The van der Waals surface area contributed by atoms with Gasteiger partial charge in [0.15, 0.2) is 0 Å². The maximum atomic E-state index is 12.4. The first-order valence-electron chi connectivity index (χ1n) is 7.78. The fourth-order valence-electron chi connectivity index (χ4n) is 2.18. The van der Waals surface area contributed by atoms with Crippen LogP contribution in [-0.4, -0.2) is 50.7 Å². The third-order valence-corrected chi connectivity index (χ3v) is 5.72. The highest BCUT2D eigenvalue weighted by molar-refractivity contribution is 7.89. The number of furan rings is 1. The Bertz CT molecular complexity index is 816. The van der Waals surface area contributed by atoms with Gasteiger partial charge in [-0.2, -0.15) is 0 Å². The van der Waals surface area contributed by atoms with Crippen LogP contribution in [0.4, 0.5) is 5.69 Å². The highest BCUT2D eigenvalue weighted by Crippen LogP contribution is 2.18. The fourth-order valence-corrected chi connectivity index (χ4v) is 3.13. The number of nitrogens with zero attached hydrogens (tertiary/aromatic N) is 2. The predicted octanol–water partition coefficient (Wildman–Crippen LogP) is 1.99. The average molecular weight is 365 g/mol. The van der Waals surface area contributed by atoms with Gasteiger partial charge in [0, 0.05) is 19.8 Å². The summed E-state index contributed by atoms with van der Waals surface area (Å²) in [6.07, 6.45) is 1.59. The maximum Gasteiger partial charge on any atom is 0.242 e. The molecule has 1 aromatic heterocycles. The average Bonchev–Trinajstić information content (AvgIpc) is 3.07. The van der Waals surface area contributed by atoms with E-state index in [-0.39, 0.29) is 10.8 Å². The highest BCUT2D eigenvalue weighted by Gasteiger charge is 2.21. The van der Waals surface area contributed by atoms with Gasteiger partial charge in [0.1, 0.15) is 5.76 Å². The van der Waals surface area contributed by atoms with Crippen LogP contribution in [0.2, 0.25) is 0 Å². The van der Waals surface area contributed by atoms with E-state index in [4.69, 9.17) is 4.42 Å². The predicted molar refractivity (Wildman–Crippen MR) is 95.6 cm³/mol. The molecule has 1 aromatic carbocycles. The van der Waals surface area contributed by atoms with Crippen molar-refractivity contribution >= 4 is 21.6 Å². The summed E-state index contributed by atoms with van der Waals surface area (Å²) in [5.41, 5.74) is 0.436. The number of nitrogens with one attached hydrogen (secondary N) is 1. The first kappa shape index (κ1) is 19.2. The SMILES string of the molecule is C[C@@H](C(=O)Nc1cccc(S(=O)(=O)N(C)C)c1)N(C)Cc1ccco1. The molecule has 0 bridgehead atoms. The van der Waals surface area contributed by atoms with E-state index < -0.39 is 16.1 Å². The van der Waals surface area contributed by atoms with E-state index in [0.717, 1.165) is 10.1 Å². The molecule has 0 saturated carbocycles. The molecule has 0 fully saturated rings. The monoisotopic (exact) mass is 365 g/mol. The van der Waals surface area contributed by atoms with E-state index in [1.807, 2.05) is 18.0 Å². The van der Waals surface area contributed by atoms with Gasteiger partial charge in [-0.1, -0.05) is 6.07 Å². The van der Waals surface area contributed by atoms with Gasteiger partial charge in [-0.15, -0.1) is 0 Å². The number of sulfonamides is 1. The van der Waals surface area contributed by atoms with Gasteiger partial charge in [0.05, 0.1) is 23.7 Å². The molecule has 1 amide bonds. The Balaban J connectivity index is 2.07. The first-order valence-corrected chi connectivity index (χ1v) is 9.22. The molecule has 1 N–H and O–H groups in total. The Morgan fingerprint density at radius 3 is 2.52 bits per heavy atom. The highest BCUT2D eigenvalue weighted by atomic mass is 32.2. The molecule has 136 valence electrons. The summed E-state index contributed by atoms with van der Waals surface area (Å²) in [7, 11) is 1.20. The van der Waals surface area contributed by atoms with Crippen molar-refractivity contribution in [2.24, 2.45) is 0 Å². The molecule has 2 rings (SSSR count). The summed E-state index contributed by atoms with van der Waals surface area (Å²) < 4.78 is 30.8. The van der Waals surface area contributed by atoms with Crippen LogP contribution in [0.3, 0.4) is 0 Å². The Hall–Kier alpha value is -2.16. The quantitative estimate of drug-likeness (QED) is 0.811. The summed E-state index contributed by atoms with van der Waals surface area (Å²) in [6.45, 7) is 2.27. The van der Waals surface area contributed by atoms with Crippen LogP contribution >= 0.6 is 0 Å². The molecule has 0 aliphatic rings. The van der Waals surface area contributed by atoms with E-state index in [1.165, 1.54) is 26.2 Å². The van der Waals surface area contributed by atoms with Crippen molar-refractivity contribution < 1.29 is 17.6 Å². The third-order valence-electron chi connectivity index (χ3n) is 3.91. The van der Waals surface area contributed by atoms with Gasteiger partial charge in [-0.25, -0.2) is 12.7 Å². The van der Waals surface area contributed by atoms with Gasteiger partial charge < -0.3 is 9.73 Å². The van der Waals surface area contributed by atoms with E-state index in [9.17, 15) is 13.2 Å². The first-order chi connectivity index (χ1) is 11.7. The zero-order chi connectivity index (χ0) is 18.6. The summed E-state index contributed by atoms with van der Waals surface area (Å²) in [4.78, 5) is 14.4. The van der Waals surface area contributed by atoms with Crippen molar-refractivity contribution in [2.75, 3.05) is 26.5 Å². The van der Waals surface area contributed by atoms with Crippen LogP contribution in [-0.2, 0) is 21.4 Å². The number of hydrogen-bond acceptors (Lipinski definition) is 5. The zero-order valence-electron chi connectivity index (χ0n) is 14.8. The molecular formula is C17H23N3O4S. The standard InChI is InChI=1S/C17H23N3O4S/c1-13(20(4)12-15-8-6-10-24-15)17(21)18-14-7-5-9-16(11-14)25(22,23)19(2)3/h5-11,13H,12H2,1-4H3,(H,18,21)/t13-/m0/s1.